The molecule has 8 nitrogen and oxygen atoms in total. The van der Waals surface area contributed by atoms with Crippen LogP contribution in [0.3, 0.4) is 0 Å². The summed E-state index contributed by atoms with van der Waals surface area (Å²) in [6, 6.07) is 10.5. The molecule has 3 aromatic rings. The van der Waals surface area contributed by atoms with Crippen molar-refractivity contribution in [2.24, 2.45) is 0 Å². The Bertz CT molecular complexity index is 969. The van der Waals surface area contributed by atoms with Crippen LogP contribution in [-0.2, 0) is 13.0 Å². The predicted octanol–water partition coefficient (Wildman–Crippen LogP) is 3.50. The minimum absolute atomic E-state index is 0.145. The van der Waals surface area contributed by atoms with Gasteiger partial charge in [0, 0.05) is 44.3 Å². The summed E-state index contributed by atoms with van der Waals surface area (Å²) in [6.45, 7) is 2.19. The normalized spacial score (nSPS) is 13.8. The van der Waals surface area contributed by atoms with Gasteiger partial charge in [0.15, 0.2) is 0 Å². The largest absolute Gasteiger partial charge is 0.367 e. The molecule has 8 heteroatoms. The maximum atomic E-state index is 12.9. The Kier molecular flexibility index (Phi) is 7.68. The Balaban J connectivity index is 1.36. The maximum absolute atomic E-state index is 12.9. The van der Waals surface area contributed by atoms with Crippen molar-refractivity contribution in [3.05, 3.63) is 66.4 Å². The zero-order valence-electron chi connectivity index (χ0n) is 18.3. The van der Waals surface area contributed by atoms with Gasteiger partial charge in [0.05, 0.1) is 6.33 Å². The molecule has 1 aliphatic rings. The van der Waals surface area contributed by atoms with Crippen LogP contribution in [0.5, 0.6) is 0 Å². The standard InChI is InChI=1S/C24H31N7O/c32-23(26-13-11-19-7-2-1-3-8-19)21-17-28-24(27-12-6-15-31-16-14-25-18-31)30-22(21)29-20-9-4-5-10-20/h1-3,7-8,14,16-18,20H,4-6,9-13,15H2,(H,26,32)(H2,27,28,29,30). The van der Waals surface area contributed by atoms with Gasteiger partial charge in [-0.15, -0.1) is 0 Å². The van der Waals surface area contributed by atoms with Crippen LogP contribution in [-0.4, -0.2) is 44.6 Å². The zero-order valence-corrected chi connectivity index (χ0v) is 18.3. The number of aryl methyl sites for hydroxylation is 1. The van der Waals surface area contributed by atoms with Crippen molar-refractivity contribution in [2.45, 2.75) is 51.1 Å². The molecule has 1 fully saturated rings. The fraction of sp³-hybridized carbons (Fsp3) is 0.417. The van der Waals surface area contributed by atoms with Crippen molar-refractivity contribution >= 4 is 17.7 Å². The predicted molar refractivity (Wildman–Crippen MR) is 126 cm³/mol. The lowest BCUT2D eigenvalue weighted by atomic mass is 10.1. The SMILES string of the molecule is O=C(NCCc1ccccc1)c1cnc(NCCCn2ccnc2)nc1NC1CCCC1. The maximum Gasteiger partial charge on any atom is 0.256 e. The van der Waals surface area contributed by atoms with Gasteiger partial charge in [-0.25, -0.2) is 9.97 Å². The molecule has 0 bridgehead atoms. The molecule has 32 heavy (non-hydrogen) atoms. The van der Waals surface area contributed by atoms with Crippen molar-refractivity contribution in [3.8, 4) is 0 Å². The summed E-state index contributed by atoms with van der Waals surface area (Å²) in [6.07, 6.45) is 13.5. The van der Waals surface area contributed by atoms with E-state index in [0.29, 0.717) is 29.9 Å². The van der Waals surface area contributed by atoms with Gasteiger partial charge in [0.2, 0.25) is 5.95 Å². The number of carbonyl (C=O) groups is 1. The number of imidazole rings is 1. The molecule has 1 aliphatic carbocycles. The van der Waals surface area contributed by atoms with Gasteiger partial charge in [-0.05, 0) is 31.2 Å². The van der Waals surface area contributed by atoms with E-state index < -0.39 is 0 Å². The molecule has 1 aromatic carbocycles. The Hall–Kier alpha value is -3.42. The minimum atomic E-state index is -0.145. The molecule has 0 unspecified atom stereocenters. The topological polar surface area (TPSA) is 96.8 Å². The Morgan fingerprint density at radius 1 is 1.12 bits per heavy atom. The number of carbonyl (C=O) groups excluding carboxylic acids is 1. The third-order valence-corrected chi connectivity index (χ3v) is 5.71. The fourth-order valence-electron chi connectivity index (χ4n) is 3.95. The number of aromatic nitrogens is 4. The second-order valence-corrected chi connectivity index (χ2v) is 8.15. The lowest BCUT2D eigenvalue weighted by Crippen LogP contribution is -2.28. The Morgan fingerprint density at radius 3 is 2.75 bits per heavy atom. The lowest BCUT2D eigenvalue weighted by molar-refractivity contribution is 0.0954. The van der Waals surface area contributed by atoms with E-state index in [1.165, 1.54) is 18.4 Å². The van der Waals surface area contributed by atoms with E-state index in [4.69, 9.17) is 0 Å². The summed E-state index contributed by atoms with van der Waals surface area (Å²) in [5.41, 5.74) is 1.69. The van der Waals surface area contributed by atoms with Crippen LogP contribution in [0, 0.1) is 0 Å². The van der Waals surface area contributed by atoms with Crippen molar-refractivity contribution in [3.63, 3.8) is 0 Å². The number of nitrogens with zero attached hydrogens (tertiary/aromatic N) is 4. The third-order valence-electron chi connectivity index (χ3n) is 5.71. The van der Waals surface area contributed by atoms with E-state index in [1.54, 1.807) is 12.4 Å². The van der Waals surface area contributed by atoms with Gasteiger partial charge in [0.1, 0.15) is 11.4 Å². The lowest BCUT2D eigenvalue weighted by Gasteiger charge is -2.17. The average Bonchev–Trinajstić information content (AvgIpc) is 3.52. The van der Waals surface area contributed by atoms with Gasteiger partial charge in [0.25, 0.3) is 5.91 Å². The van der Waals surface area contributed by atoms with Gasteiger partial charge < -0.3 is 20.5 Å². The summed E-state index contributed by atoms with van der Waals surface area (Å²) in [7, 11) is 0. The van der Waals surface area contributed by atoms with Crippen LogP contribution in [0.25, 0.3) is 0 Å². The summed E-state index contributed by atoms with van der Waals surface area (Å²) in [5, 5.41) is 9.77. The first-order valence-corrected chi connectivity index (χ1v) is 11.4. The van der Waals surface area contributed by atoms with Crippen LogP contribution in [0.2, 0.25) is 0 Å². The highest BCUT2D eigenvalue weighted by Crippen LogP contribution is 2.24. The highest BCUT2D eigenvalue weighted by atomic mass is 16.1. The Morgan fingerprint density at radius 2 is 1.97 bits per heavy atom. The van der Waals surface area contributed by atoms with Crippen LogP contribution in [0.15, 0.2) is 55.2 Å². The van der Waals surface area contributed by atoms with Crippen molar-refractivity contribution in [2.75, 3.05) is 23.7 Å². The highest BCUT2D eigenvalue weighted by molar-refractivity contribution is 5.98. The molecular weight excluding hydrogens is 402 g/mol. The third kappa shape index (κ3) is 6.29. The fourth-order valence-corrected chi connectivity index (χ4v) is 3.95. The van der Waals surface area contributed by atoms with Crippen molar-refractivity contribution in [1.82, 2.24) is 24.8 Å². The van der Waals surface area contributed by atoms with Gasteiger partial charge in [-0.2, -0.15) is 4.98 Å². The summed E-state index contributed by atoms with van der Waals surface area (Å²) < 4.78 is 2.04. The first-order valence-electron chi connectivity index (χ1n) is 11.4. The molecule has 0 saturated heterocycles. The number of hydrogen-bond donors (Lipinski definition) is 3. The molecule has 0 aliphatic heterocycles. The van der Waals surface area contributed by atoms with Crippen LogP contribution >= 0.6 is 0 Å². The molecule has 168 valence electrons. The van der Waals surface area contributed by atoms with Gasteiger partial charge in [-0.3, -0.25) is 4.79 Å². The molecule has 0 spiro atoms. The number of benzene rings is 1. The molecule has 2 heterocycles. The number of amides is 1. The molecule has 1 amide bonds. The highest BCUT2D eigenvalue weighted by Gasteiger charge is 2.20. The number of rotatable bonds is 11. The summed E-state index contributed by atoms with van der Waals surface area (Å²) in [5.74, 6) is 1.01. The molecule has 1 saturated carbocycles. The van der Waals surface area contributed by atoms with E-state index >= 15 is 0 Å². The van der Waals surface area contributed by atoms with Crippen LogP contribution in [0.1, 0.15) is 48.0 Å². The summed E-state index contributed by atoms with van der Waals surface area (Å²) >= 11 is 0. The van der Waals surface area contributed by atoms with Crippen molar-refractivity contribution < 1.29 is 4.79 Å². The summed E-state index contributed by atoms with van der Waals surface area (Å²) in [4.78, 5) is 26.0. The second-order valence-electron chi connectivity index (χ2n) is 8.15. The quantitative estimate of drug-likeness (QED) is 0.401. The van der Waals surface area contributed by atoms with Gasteiger partial charge in [-0.1, -0.05) is 43.2 Å². The number of nitrogens with one attached hydrogen (secondary N) is 3. The Labute approximate surface area is 188 Å². The van der Waals surface area contributed by atoms with Crippen LogP contribution < -0.4 is 16.0 Å². The van der Waals surface area contributed by atoms with E-state index in [2.05, 4.69) is 43.0 Å². The minimum Gasteiger partial charge on any atom is -0.367 e. The molecule has 3 N–H and O–H groups in total. The van der Waals surface area contributed by atoms with Gasteiger partial charge >= 0.3 is 0 Å². The first kappa shape index (κ1) is 21.8. The average molecular weight is 434 g/mol. The molecule has 0 radical (unpaired) electrons. The molecular formula is C24H31N7O. The molecule has 2 aromatic heterocycles. The number of anilines is 2. The smallest absolute Gasteiger partial charge is 0.256 e. The first-order chi connectivity index (χ1) is 15.8. The van der Waals surface area contributed by atoms with Crippen LogP contribution in [0.4, 0.5) is 11.8 Å². The molecule has 0 atom stereocenters. The molecule has 4 rings (SSSR count). The van der Waals surface area contributed by atoms with E-state index in [-0.39, 0.29) is 5.91 Å². The number of hydrogen-bond acceptors (Lipinski definition) is 6. The monoisotopic (exact) mass is 433 g/mol. The van der Waals surface area contributed by atoms with Crippen molar-refractivity contribution in [1.29, 1.82) is 0 Å². The zero-order chi connectivity index (χ0) is 22.0. The van der Waals surface area contributed by atoms with E-state index in [9.17, 15) is 4.79 Å². The van der Waals surface area contributed by atoms with E-state index in [0.717, 1.165) is 38.8 Å². The second kappa shape index (κ2) is 11.3. The van der Waals surface area contributed by atoms with E-state index in [1.807, 2.05) is 35.3 Å².